The highest BCUT2D eigenvalue weighted by atomic mass is 32.1. The number of fused-ring (bicyclic) bond motifs is 7. The molecule has 192 valence electrons. The van der Waals surface area contributed by atoms with Crippen molar-refractivity contribution in [1.82, 2.24) is 14.1 Å². The summed E-state index contributed by atoms with van der Waals surface area (Å²) in [6.45, 7) is 0. The summed E-state index contributed by atoms with van der Waals surface area (Å²) in [4.78, 5) is 4.88. The van der Waals surface area contributed by atoms with Gasteiger partial charge >= 0.3 is 0 Å². The third-order valence-corrected chi connectivity index (χ3v) is 9.23. The van der Waals surface area contributed by atoms with Crippen LogP contribution in [0, 0.1) is 0 Å². The smallest absolute Gasteiger partial charge is 0.124 e. The minimum Gasteiger partial charge on any atom is -0.309 e. The van der Waals surface area contributed by atoms with E-state index in [-0.39, 0.29) is 0 Å². The van der Waals surface area contributed by atoms with E-state index < -0.39 is 0 Å². The van der Waals surface area contributed by atoms with Crippen LogP contribution < -0.4 is 0 Å². The lowest BCUT2D eigenvalue weighted by Crippen LogP contribution is -1.94. The second-order valence-corrected chi connectivity index (χ2v) is 11.5. The highest BCUT2D eigenvalue weighted by Crippen LogP contribution is 2.40. The topological polar surface area (TPSA) is 22.8 Å². The van der Waals surface area contributed by atoms with E-state index in [0.29, 0.717) is 0 Å². The van der Waals surface area contributed by atoms with Crippen molar-refractivity contribution in [3.63, 3.8) is 0 Å². The Morgan fingerprint density at radius 2 is 0.976 bits per heavy atom. The molecule has 9 aromatic rings. The molecule has 9 rings (SSSR count). The predicted molar refractivity (Wildman–Crippen MR) is 174 cm³/mol. The van der Waals surface area contributed by atoms with Crippen molar-refractivity contribution in [3.8, 4) is 21.9 Å². The van der Waals surface area contributed by atoms with Gasteiger partial charge in [-0.25, -0.2) is 4.98 Å². The highest BCUT2D eigenvalue weighted by molar-refractivity contribution is 7.21. The van der Waals surface area contributed by atoms with Gasteiger partial charge in [0.2, 0.25) is 0 Å². The molecule has 4 heteroatoms. The molecule has 0 unspecified atom stereocenters. The van der Waals surface area contributed by atoms with Crippen molar-refractivity contribution in [3.05, 3.63) is 140 Å². The molecule has 0 aliphatic carbocycles. The number of rotatable bonds is 3. The van der Waals surface area contributed by atoms with Crippen molar-refractivity contribution < 1.29 is 0 Å². The van der Waals surface area contributed by atoms with Crippen molar-refractivity contribution in [2.75, 3.05) is 0 Å². The first-order valence-corrected chi connectivity index (χ1v) is 14.6. The van der Waals surface area contributed by atoms with Crippen LogP contribution in [0.4, 0.5) is 0 Å². The van der Waals surface area contributed by atoms with Crippen LogP contribution in [0.1, 0.15) is 0 Å². The molecule has 3 aromatic heterocycles. The molecule has 0 fully saturated rings. The molecule has 0 spiro atoms. The largest absolute Gasteiger partial charge is 0.309 e. The third-order valence-electron chi connectivity index (χ3n) is 8.15. The molecule has 0 aliphatic heterocycles. The van der Waals surface area contributed by atoms with Crippen LogP contribution in [0.15, 0.2) is 140 Å². The Morgan fingerprint density at radius 1 is 0.439 bits per heavy atom. The lowest BCUT2D eigenvalue weighted by atomic mass is 10.1. The Bertz CT molecular complexity index is 2370. The van der Waals surface area contributed by atoms with Gasteiger partial charge in [0.05, 0.1) is 32.3 Å². The first-order chi connectivity index (χ1) is 20.3. The van der Waals surface area contributed by atoms with E-state index >= 15 is 0 Å². The number of benzene rings is 6. The Kier molecular flexibility index (Phi) is 4.77. The summed E-state index contributed by atoms with van der Waals surface area (Å²) in [6.07, 6.45) is 0. The molecule has 6 aromatic carbocycles. The van der Waals surface area contributed by atoms with Gasteiger partial charge in [0.25, 0.3) is 0 Å². The molecule has 3 heterocycles. The zero-order valence-corrected chi connectivity index (χ0v) is 22.8. The van der Waals surface area contributed by atoms with E-state index in [2.05, 4.69) is 143 Å². The standard InChI is InChI=1S/C37H23N3S/c1-2-10-25(11-3-1)39-32-15-7-4-12-27(32)29-23-35-30(22-34(29)39)28-13-5-8-16-33(28)40(35)26-20-18-24(19-21-26)37-38-31-14-6-9-17-36(31)41-37/h1-23H. The molecular formula is C37H23N3S. The molecular weight excluding hydrogens is 518 g/mol. The second kappa shape index (κ2) is 8.65. The number of aromatic nitrogens is 3. The molecule has 0 saturated carbocycles. The molecule has 0 radical (unpaired) electrons. The normalized spacial score (nSPS) is 11.9. The molecule has 0 saturated heterocycles. The average molecular weight is 542 g/mol. The summed E-state index contributed by atoms with van der Waals surface area (Å²) in [5, 5.41) is 6.08. The molecule has 0 atom stereocenters. The van der Waals surface area contributed by atoms with Crippen molar-refractivity contribution >= 4 is 65.2 Å². The van der Waals surface area contributed by atoms with Crippen molar-refractivity contribution in [2.24, 2.45) is 0 Å². The Hall–Kier alpha value is -5.19. The first kappa shape index (κ1) is 22.6. The lowest BCUT2D eigenvalue weighted by Gasteiger charge is -2.09. The minimum atomic E-state index is 1.05. The monoisotopic (exact) mass is 541 g/mol. The zero-order chi connectivity index (χ0) is 26.9. The molecule has 0 N–H and O–H groups in total. The lowest BCUT2D eigenvalue weighted by molar-refractivity contribution is 1.17. The Morgan fingerprint density at radius 3 is 1.61 bits per heavy atom. The van der Waals surface area contributed by atoms with Crippen LogP contribution in [0.25, 0.3) is 75.8 Å². The third kappa shape index (κ3) is 3.35. The molecule has 41 heavy (non-hydrogen) atoms. The summed E-state index contributed by atoms with van der Waals surface area (Å²) < 4.78 is 6.01. The highest BCUT2D eigenvalue weighted by Gasteiger charge is 2.18. The Labute approximate surface area is 240 Å². The number of thiazole rings is 1. The van der Waals surface area contributed by atoms with Gasteiger partial charge in [-0.2, -0.15) is 0 Å². The van der Waals surface area contributed by atoms with E-state index in [1.807, 2.05) is 6.07 Å². The molecule has 0 amide bonds. The van der Waals surface area contributed by atoms with Crippen LogP contribution in [0.3, 0.4) is 0 Å². The average Bonchev–Trinajstić information content (AvgIpc) is 3.71. The van der Waals surface area contributed by atoms with E-state index in [0.717, 1.165) is 21.8 Å². The van der Waals surface area contributed by atoms with E-state index in [1.165, 1.54) is 54.0 Å². The fraction of sp³-hybridized carbons (Fsp3) is 0. The SMILES string of the molecule is c1ccc(-n2c3ccccc3c3cc4c(cc32)c2ccccc2n4-c2ccc(-c3nc4ccccc4s3)cc2)cc1. The van der Waals surface area contributed by atoms with Gasteiger partial charge in [-0.05, 0) is 72.8 Å². The summed E-state index contributed by atoms with van der Waals surface area (Å²) in [7, 11) is 0. The maximum Gasteiger partial charge on any atom is 0.124 e. The molecule has 0 bridgehead atoms. The van der Waals surface area contributed by atoms with Crippen LogP contribution >= 0.6 is 11.3 Å². The van der Waals surface area contributed by atoms with Gasteiger partial charge < -0.3 is 9.13 Å². The number of hydrogen-bond donors (Lipinski definition) is 0. The van der Waals surface area contributed by atoms with E-state index in [4.69, 9.17) is 4.98 Å². The van der Waals surface area contributed by atoms with Gasteiger partial charge in [-0.3, -0.25) is 0 Å². The Balaban J connectivity index is 1.30. The summed E-state index contributed by atoms with van der Waals surface area (Å²) in [5.41, 5.74) is 9.37. The van der Waals surface area contributed by atoms with Gasteiger partial charge in [0.1, 0.15) is 5.01 Å². The van der Waals surface area contributed by atoms with Gasteiger partial charge in [-0.1, -0.05) is 66.7 Å². The van der Waals surface area contributed by atoms with Crippen LogP contribution in [0.5, 0.6) is 0 Å². The first-order valence-electron chi connectivity index (χ1n) is 13.8. The fourth-order valence-electron chi connectivity index (χ4n) is 6.31. The quantitative estimate of drug-likeness (QED) is 0.218. The van der Waals surface area contributed by atoms with Gasteiger partial charge in [0, 0.05) is 38.5 Å². The minimum absolute atomic E-state index is 1.05. The fourth-order valence-corrected chi connectivity index (χ4v) is 7.28. The second-order valence-electron chi connectivity index (χ2n) is 10.5. The summed E-state index contributed by atoms with van der Waals surface area (Å²) >= 11 is 1.74. The van der Waals surface area contributed by atoms with E-state index in [1.54, 1.807) is 11.3 Å². The van der Waals surface area contributed by atoms with E-state index in [9.17, 15) is 0 Å². The number of nitrogens with zero attached hydrogens (tertiary/aromatic N) is 3. The number of hydrogen-bond acceptors (Lipinski definition) is 2. The number of para-hydroxylation sites is 4. The maximum atomic E-state index is 4.88. The molecule has 3 nitrogen and oxygen atoms in total. The summed E-state index contributed by atoms with van der Waals surface area (Å²) in [5.74, 6) is 0. The van der Waals surface area contributed by atoms with Crippen LogP contribution in [-0.2, 0) is 0 Å². The maximum absolute atomic E-state index is 4.88. The van der Waals surface area contributed by atoms with Crippen molar-refractivity contribution in [2.45, 2.75) is 0 Å². The van der Waals surface area contributed by atoms with Crippen LogP contribution in [0.2, 0.25) is 0 Å². The van der Waals surface area contributed by atoms with Gasteiger partial charge in [-0.15, -0.1) is 11.3 Å². The predicted octanol–water partition coefficient (Wildman–Crippen LogP) is 10.2. The molecule has 0 aliphatic rings. The van der Waals surface area contributed by atoms with Crippen LogP contribution in [-0.4, -0.2) is 14.1 Å². The summed E-state index contributed by atoms with van der Waals surface area (Å²) in [6, 6.07) is 50.1. The zero-order valence-electron chi connectivity index (χ0n) is 22.0. The van der Waals surface area contributed by atoms with Crippen molar-refractivity contribution in [1.29, 1.82) is 0 Å². The van der Waals surface area contributed by atoms with Gasteiger partial charge in [0.15, 0.2) is 0 Å².